The number of nitrogens with zero attached hydrogens (tertiary/aromatic N) is 1. The van der Waals surface area contributed by atoms with Crippen LogP contribution < -0.4 is 0 Å². The first-order valence-corrected chi connectivity index (χ1v) is 5.76. The quantitative estimate of drug-likeness (QED) is 0.762. The molecular formula is C13H16F3NO. The maximum atomic E-state index is 12.4. The first kappa shape index (κ1) is 14.7. The summed E-state index contributed by atoms with van der Waals surface area (Å²) in [6.45, 7) is 5.51. The van der Waals surface area contributed by atoms with Gasteiger partial charge in [-0.05, 0) is 18.6 Å². The smallest absolute Gasteiger partial charge is 0.292 e. The fourth-order valence-electron chi connectivity index (χ4n) is 1.78. The van der Waals surface area contributed by atoms with E-state index in [0.29, 0.717) is 12.6 Å². The molecule has 0 fully saturated rings. The normalized spacial score (nSPS) is 12.6. The first-order chi connectivity index (χ1) is 8.18. The molecule has 0 bridgehead atoms. The Bertz CT molecular complexity index is 421. The number of ketones is 1. The van der Waals surface area contributed by atoms with Crippen molar-refractivity contribution in [1.29, 1.82) is 0 Å². The second-order valence-electron chi connectivity index (χ2n) is 4.89. The van der Waals surface area contributed by atoms with Crippen LogP contribution in [-0.4, -0.2) is 10.8 Å². The van der Waals surface area contributed by atoms with E-state index in [1.807, 2.05) is 6.92 Å². The van der Waals surface area contributed by atoms with E-state index in [2.05, 4.69) is 4.98 Å². The highest BCUT2D eigenvalue weighted by atomic mass is 19.4. The number of Topliss-reactive ketones (excluding diaryl/α,β-unsaturated/α-hetero) is 1. The third kappa shape index (κ3) is 3.31. The second kappa shape index (κ2) is 5.08. The average molecular weight is 259 g/mol. The van der Waals surface area contributed by atoms with Crippen molar-refractivity contribution in [2.75, 3.05) is 0 Å². The molecule has 0 aromatic carbocycles. The zero-order valence-corrected chi connectivity index (χ0v) is 10.6. The molecule has 0 atom stereocenters. The largest absolute Gasteiger partial charge is 0.417 e. The van der Waals surface area contributed by atoms with Crippen molar-refractivity contribution < 1.29 is 18.0 Å². The van der Waals surface area contributed by atoms with Gasteiger partial charge < -0.3 is 0 Å². The number of carbonyl (C=O) groups excluding carboxylic acids is 1. The summed E-state index contributed by atoms with van der Waals surface area (Å²) >= 11 is 0. The summed E-state index contributed by atoms with van der Waals surface area (Å²) in [5, 5.41) is 0. The summed E-state index contributed by atoms with van der Waals surface area (Å²) in [6.07, 6.45) is -2.21. The monoisotopic (exact) mass is 259 g/mol. The van der Waals surface area contributed by atoms with Gasteiger partial charge in [-0.15, -0.1) is 0 Å². The average Bonchev–Trinajstić information content (AvgIpc) is 2.27. The molecule has 1 rings (SSSR count). The summed E-state index contributed by atoms with van der Waals surface area (Å²) in [6, 6.07) is 2.03. The standard InChI is InChI=1S/C13H16F3NO/c1-4-7-12(2,3)11(18)10-6-5-9(8-17-10)13(14,15)16/h5-6,8H,4,7H2,1-3H3. The molecule has 0 N–H and O–H groups in total. The minimum absolute atomic E-state index is 0.0847. The van der Waals surface area contributed by atoms with Crippen LogP contribution in [0.1, 0.15) is 49.7 Å². The Kier molecular flexibility index (Phi) is 4.14. The third-order valence-electron chi connectivity index (χ3n) is 2.81. The fraction of sp³-hybridized carbons (Fsp3) is 0.538. The minimum atomic E-state index is -4.42. The molecule has 0 radical (unpaired) electrons. The molecule has 0 aliphatic heterocycles. The van der Waals surface area contributed by atoms with Gasteiger partial charge in [0.15, 0.2) is 5.78 Å². The van der Waals surface area contributed by atoms with Crippen LogP contribution >= 0.6 is 0 Å². The summed E-state index contributed by atoms with van der Waals surface area (Å²) in [5.74, 6) is -0.224. The van der Waals surface area contributed by atoms with Crippen molar-refractivity contribution in [2.45, 2.75) is 39.8 Å². The highest BCUT2D eigenvalue weighted by Gasteiger charge is 2.32. The molecule has 0 saturated carbocycles. The van der Waals surface area contributed by atoms with Crippen LogP contribution in [-0.2, 0) is 6.18 Å². The number of carbonyl (C=O) groups is 1. The number of aromatic nitrogens is 1. The maximum Gasteiger partial charge on any atom is 0.417 e. The number of pyridine rings is 1. The van der Waals surface area contributed by atoms with E-state index in [1.54, 1.807) is 13.8 Å². The first-order valence-electron chi connectivity index (χ1n) is 5.76. The summed E-state index contributed by atoms with van der Waals surface area (Å²) < 4.78 is 37.1. The maximum absolute atomic E-state index is 12.4. The van der Waals surface area contributed by atoms with E-state index in [4.69, 9.17) is 0 Å². The lowest BCUT2D eigenvalue weighted by atomic mass is 9.82. The molecule has 0 saturated heterocycles. The van der Waals surface area contributed by atoms with E-state index in [0.717, 1.165) is 18.6 Å². The van der Waals surface area contributed by atoms with Crippen molar-refractivity contribution in [3.63, 3.8) is 0 Å². The molecule has 1 heterocycles. The summed E-state index contributed by atoms with van der Waals surface area (Å²) in [7, 11) is 0. The van der Waals surface area contributed by atoms with Gasteiger partial charge in [0.1, 0.15) is 5.69 Å². The van der Waals surface area contributed by atoms with E-state index in [-0.39, 0.29) is 11.5 Å². The van der Waals surface area contributed by atoms with Crippen LogP contribution in [0.3, 0.4) is 0 Å². The zero-order chi connectivity index (χ0) is 14.0. The number of rotatable bonds is 4. The van der Waals surface area contributed by atoms with Gasteiger partial charge in [-0.3, -0.25) is 9.78 Å². The van der Waals surface area contributed by atoms with Gasteiger partial charge in [0.25, 0.3) is 0 Å². The Morgan fingerprint density at radius 1 is 1.28 bits per heavy atom. The highest BCUT2D eigenvalue weighted by molar-refractivity contribution is 5.98. The Labute approximate surface area is 104 Å². The Hall–Kier alpha value is -1.39. The van der Waals surface area contributed by atoms with Crippen LogP contribution in [0.4, 0.5) is 13.2 Å². The second-order valence-corrected chi connectivity index (χ2v) is 4.89. The van der Waals surface area contributed by atoms with Gasteiger partial charge in [-0.25, -0.2) is 0 Å². The van der Waals surface area contributed by atoms with Crippen LogP contribution in [0.15, 0.2) is 18.3 Å². The van der Waals surface area contributed by atoms with Crippen LogP contribution in [0, 0.1) is 5.41 Å². The van der Waals surface area contributed by atoms with Crippen molar-refractivity contribution in [3.05, 3.63) is 29.6 Å². The number of alkyl halides is 3. The SMILES string of the molecule is CCCC(C)(C)C(=O)c1ccc(C(F)(F)F)cn1. The molecule has 0 aliphatic carbocycles. The topological polar surface area (TPSA) is 30.0 Å². The van der Waals surface area contributed by atoms with Gasteiger partial charge in [-0.1, -0.05) is 27.2 Å². The van der Waals surface area contributed by atoms with Gasteiger partial charge in [0, 0.05) is 11.6 Å². The van der Waals surface area contributed by atoms with Crippen molar-refractivity contribution in [3.8, 4) is 0 Å². The van der Waals surface area contributed by atoms with E-state index >= 15 is 0 Å². The molecule has 0 spiro atoms. The Morgan fingerprint density at radius 3 is 2.28 bits per heavy atom. The lowest BCUT2D eigenvalue weighted by Crippen LogP contribution is -2.25. The molecule has 0 unspecified atom stereocenters. The number of halogens is 3. The molecule has 0 amide bonds. The molecule has 100 valence electrons. The predicted molar refractivity (Wildman–Crippen MR) is 62.3 cm³/mol. The molecule has 2 nitrogen and oxygen atoms in total. The van der Waals surface area contributed by atoms with Crippen LogP contribution in [0.2, 0.25) is 0 Å². The molecule has 1 aromatic heterocycles. The van der Waals surface area contributed by atoms with Crippen molar-refractivity contribution in [1.82, 2.24) is 4.98 Å². The van der Waals surface area contributed by atoms with Crippen molar-refractivity contribution in [2.24, 2.45) is 5.41 Å². The molecule has 1 aromatic rings. The highest BCUT2D eigenvalue weighted by Crippen LogP contribution is 2.30. The Morgan fingerprint density at radius 2 is 1.89 bits per heavy atom. The molecule has 18 heavy (non-hydrogen) atoms. The third-order valence-corrected chi connectivity index (χ3v) is 2.81. The van der Waals surface area contributed by atoms with Gasteiger partial charge in [0.2, 0.25) is 0 Å². The minimum Gasteiger partial charge on any atom is -0.292 e. The lowest BCUT2D eigenvalue weighted by Gasteiger charge is -2.21. The summed E-state index contributed by atoms with van der Waals surface area (Å²) in [5.41, 5.74) is -1.35. The van der Waals surface area contributed by atoms with E-state index in [9.17, 15) is 18.0 Å². The van der Waals surface area contributed by atoms with Gasteiger partial charge in [-0.2, -0.15) is 13.2 Å². The molecule has 0 aliphatic rings. The van der Waals surface area contributed by atoms with Crippen LogP contribution in [0.25, 0.3) is 0 Å². The Balaban J connectivity index is 2.96. The predicted octanol–water partition coefficient (Wildman–Crippen LogP) is 4.11. The number of hydrogen-bond acceptors (Lipinski definition) is 2. The molecule has 5 heteroatoms. The number of hydrogen-bond donors (Lipinski definition) is 0. The van der Waals surface area contributed by atoms with Crippen LogP contribution in [0.5, 0.6) is 0 Å². The zero-order valence-electron chi connectivity index (χ0n) is 10.6. The van der Waals surface area contributed by atoms with Gasteiger partial charge >= 0.3 is 6.18 Å². The summed E-state index contributed by atoms with van der Waals surface area (Å²) in [4.78, 5) is 15.7. The molecular weight excluding hydrogens is 243 g/mol. The fourth-order valence-corrected chi connectivity index (χ4v) is 1.78. The van der Waals surface area contributed by atoms with E-state index in [1.165, 1.54) is 0 Å². The lowest BCUT2D eigenvalue weighted by molar-refractivity contribution is -0.137. The van der Waals surface area contributed by atoms with Crippen molar-refractivity contribution >= 4 is 5.78 Å². The van der Waals surface area contributed by atoms with Gasteiger partial charge in [0.05, 0.1) is 5.56 Å². The van der Waals surface area contributed by atoms with E-state index < -0.39 is 17.2 Å².